The molecule has 6 nitrogen and oxygen atoms in total. The van der Waals surface area contributed by atoms with Crippen molar-refractivity contribution in [2.24, 2.45) is 0 Å². The van der Waals surface area contributed by atoms with Crippen LogP contribution < -0.4 is 0 Å². The van der Waals surface area contributed by atoms with Crippen molar-refractivity contribution in [1.82, 2.24) is 0 Å². The van der Waals surface area contributed by atoms with Gasteiger partial charge in [-0.1, -0.05) is 91.0 Å². The number of ether oxygens (including phenoxy) is 5. The first-order chi connectivity index (χ1) is 17.1. The van der Waals surface area contributed by atoms with E-state index in [0.717, 1.165) is 16.7 Å². The Bertz CT molecular complexity index is 1030. The average molecular weight is 477 g/mol. The number of rotatable bonds is 10. The lowest BCUT2D eigenvalue weighted by Gasteiger charge is -2.44. The van der Waals surface area contributed by atoms with E-state index in [1.165, 1.54) is 6.92 Å². The second-order valence-electron chi connectivity index (χ2n) is 8.60. The highest BCUT2D eigenvalue weighted by Crippen LogP contribution is 2.31. The summed E-state index contributed by atoms with van der Waals surface area (Å²) >= 11 is 0. The Kier molecular flexibility index (Phi) is 9.03. The van der Waals surface area contributed by atoms with Crippen molar-refractivity contribution in [3.8, 4) is 0 Å². The van der Waals surface area contributed by atoms with Gasteiger partial charge in [0.1, 0.15) is 18.3 Å². The van der Waals surface area contributed by atoms with Gasteiger partial charge in [0.05, 0.1) is 25.9 Å². The fourth-order valence-electron chi connectivity index (χ4n) is 4.13. The van der Waals surface area contributed by atoms with Crippen LogP contribution in [0.1, 0.15) is 30.5 Å². The lowest BCUT2D eigenvalue weighted by Crippen LogP contribution is -2.60. The Hall–Kier alpha value is -3.03. The number of carbonyl (C=O) groups is 1. The largest absolute Gasteiger partial charge is 0.433 e. The van der Waals surface area contributed by atoms with Crippen LogP contribution in [-0.2, 0) is 48.3 Å². The van der Waals surface area contributed by atoms with E-state index in [0.29, 0.717) is 19.8 Å². The molecule has 0 aliphatic carbocycles. The Labute approximate surface area is 206 Å². The van der Waals surface area contributed by atoms with Gasteiger partial charge in [-0.25, -0.2) is 0 Å². The third-order valence-corrected chi connectivity index (χ3v) is 5.87. The van der Waals surface area contributed by atoms with Crippen LogP contribution in [0.5, 0.6) is 0 Å². The van der Waals surface area contributed by atoms with E-state index in [1.54, 1.807) is 0 Å². The lowest BCUT2D eigenvalue weighted by molar-refractivity contribution is -0.311. The molecule has 0 aromatic heterocycles. The molecule has 6 heteroatoms. The highest BCUT2D eigenvalue weighted by molar-refractivity contribution is 5.66. The van der Waals surface area contributed by atoms with Gasteiger partial charge in [-0.2, -0.15) is 0 Å². The maximum absolute atomic E-state index is 11.9. The quantitative estimate of drug-likeness (QED) is 0.382. The fourth-order valence-corrected chi connectivity index (χ4v) is 4.13. The molecule has 3 aromatic rings. The van der Waals surface area contributed by atoms with Gasteiger partial charge >= 0.3 is 5.97 Å². The zero-order valence-corrected chi connectivity index (χ0v) is 20.1. The molecule has 1 aliphatic rings. The molecular formula is C29H32O6. The minimum Gasteiger partial charge on any atom is -0.433 e. The Morgan fingerprint density at radius 2 is 1.06 bits per heavy atom. The first-order valence-corrected chi connectivity index (χ1v) is 11.9. The molecule has 0 spiro atoms. The van der Waals surface area contributed by atoms with E-state index in [9.17, 15) is 4.79 Å². The molecule has 184 valence electrons. The van der Waals surface area contributed by atoms with Crippen LogP contribution >= 0.6 is 0 Å². The topological polar surface area (TPSA) is 63.2 Å². The van der Waals surface area contributed by atoms with Gasteiger partial charge in [-0.3, -0.25) is 4.79 Å². The Balaban J connectivity index is 1.57. The predicted molar refractivity (Wildman–Crippen MR) is 131 cm³/mol. The van der Waals surface area contributed by atoms with E-state index in [-0.39, 0.29) is 6.10 Å². The number of esters is 1. The van der Waals surface area contributed by atoms with Crippen molar-refractivity contribution in [3.05, 3.63) is 108 Å². The number of hydrogen-bond donors (Lipinski definition) is 0. The molecule has 1 heterocycles. The highest BCUT2D eigenvalue weighted by atomic mass is 16.7. The first kappa shape index (κ1) is 25.1. The SMILES string of the molecule is CC(=O)O[C@@H]1O[C@H](C)[C@H](OCc2ccccc2)[C@H](OCc2ccccc2)[C@H]1OCc1ccccc1. The summed E-state index contributed by atoms with van der Waals surface area (Å²) in [5.41, 5.74) is 3.07. The molecule has 1 aliphatic heterocycles. The number of hydrogen-bond acceptors (Lipinski definition) is 6. The molecule has 5 atom stereocenters. The van der Waals surface area contributed by atoms with E-state index >= 15 is 0 Å². The maximum Gasteiger partial charge on any atom is 0.305 e. The second kappa shape index (κ2) is 12.6. The molecule has 3 aromatic carbocycles. The molecule has 0 saturated carbocycles. The molecule has 0 bridgehead atoms. The third-order valence-electron chi connectivity index (χ3n) is 5.87. The van der Waals surface area contributed by atoms with Gasteiger partial charge in [-0.05, 0) is 23.6 Å². The third kappa shape index (κ3) is 7.23. The standard InChI is InChI=1S/C29H32O6/c1-21-26(31-18-23-12-6-3-7-13-23)27(32-19-24-14-8-4-9-15-24)28(29(34-21)35-22(2)30)33-20-25-16-10-5-11-17-25/h3-17,21,26-29H,18-20H2,1-2H3/t21-,26+,27+,28-,29+/m1/s1. The monoisotopic (exact) mass is 476 g/mol. The van der Waals surface area contributed by atoms with Crippen LogP contribution in [0, 0.1) is 0 Å². The van der Waals surface area contributed by atoms with Crippen LogP contribution in [0.15, 0.2) is 91.0 Å². The van der Waals surface area contributed by atoms with Crippen LogP contribution in [0.4, 0.5) is 0 Å². The smallest absolute Gasteiger partial charge is 0.305 e. The summed E-state index contributed by atoms with van der Waals surface area (Å²) in [6.45, 7) is 4.34. The number of carbonyl (C=O) groups excluding carboxylic acids is 1. The number of benzene rings is 3. The minimum atomic E-state index is -0.913. The highest BCUT2D eigenvalue weighted by Gasteiger charge is 2.48. The maximum atomic E-state index is 11.9. The molecular weight excluding hydrogens is 444 g/mol. The van der Waals surface area contributed by atoms with Crippen LogP contribution in [0.2, 0.25) is 0 Å². The summed E-state index contributed by atoms with van der Waals surface area (Å²) in [5, 5.41) is 0. The average Bonchev–Trinajstić information content (AvgIpc) is 2.88. The van der Waals surface area contributed by atoms with Crippen molar-refractivity contribution in [1.29, 1.82) is 0 Å². The minimum absolute atomic E-state index is 0.317. The van der Waals surface area contributed by atoms with Crippen molar-refractivity contribution >= 4 is 5.97 Å². The van der Waals surface area contributed by atoms with Crippen molar-refractivity contribution < 1.29 is 28.5 Å². The summed E-state index contributed by atoms with van der Waals surface area (Å²) in [4.78, 5) is 11.9. The molecule has 1 saturated heterocycles. The van der Waals surface area contributed by atoms with Crippen LogP contribution in [-0.4, -0.2) is 36.7 Å². The lowest BCUT2D eigenvalue weighted by atomic mass is 9.98. The predicted octanol–water partition coefficient (Wildman–Crippen LogP) is 5.05. The van der Waals surface area contributed by atoms with Crippen LogP contribution in [0.3, 0.4) is 0 Å². The van der Waals surface area contributed by atoms with Crippen molar-refractivity contribution in [3.63, 3.8) is 0 Å². The zero-order chi connectivity index (χ0) is 24.5. The van der Waals surface area contributed by atoms with E-state index in [1.807, 2.05) is 97.9 Å². The molecule has 0 N–H and O–H groups in total. The van der Waals surface area contributed by atoms with Gasteiger partial charge in [0.15, 0.2) is 0 Å². The summed E-state index contributed by atoms with van der Waals surface area (Å²) in [5.74, 6) is -0.444. The summed E-state index contributed by atoms with van der Waals surface area (Å²) in [6, 6.07) is 29.7. The summed E-state index contributed by atoms with van der Waals surface area (Å²) in [7, 11) is 0. The fraction of sp³-hybridized carbons (Fsp3) is 0.345. The van der Waals surface area contributed by atoms with Gasteiger partial charge in [0.25, 0.3) is 0 Å². The molecule has 0 unspecified atom stereocenters. The Morgan fingerprint density at radius 3 is 1.49 bits per heavy atom. The van der Waals surface area contributed by atoms with E-state index < -0.39 is 30.6 Å². The van der Waals surface area contributed by atoms with Crippen molar-refractivity contribution in [2.45, 2.75) is 64.4 Å². The summed E-state index contributed by atoms with van der Waals surface area (Å²) < 4.78 is 30.7. The van der Waals surface area contributed by atoms with Gasteiger partial charge in [0, 0.05) is 6.92 Å². The first-order valence-electron chi connectivity index (χ1n) is 11.9. The van der Waals surface area contributed by atoms with E-state index in [4.69, 9.17) is 23.7 Å². The molecule has 4 rings (SSSR count). The molecule has 35 heavy (non-hydrogen) atoms. The van der Waals surface area contributed by atoms with Gasteiger partial charge < -0.3 is 23.7 Å². The van der Waals surface area contributed by atoms with Crippen molar-refractivity contribution in [2.75, 3.05) is 0 Å². The molecule has 1 fully saturated rings. The molecule has 0 radical (unpaired) electrons. The van der Waals surface area contributed by atoms with Gasteiger partial charge in [0.2, 0.25) is 6.29 Å². The normalized spacial score (nSPS) is 24.1. The van der Waals surface area contributed by atoms with Crippen LogP contribution in [0.25, 0.3) is 0 Å². The van der Waals surface area contributed by atoms with Gasteiger partial charge in [-0.15, -0.1) is 0 Å². The second-order valence-corrected chi connectivity index (χ2v) is 8.60. The summed E-state index contributed by atoms with van der Waals surface area (Å²) in [6.07, 6.45) is -2.95. The van der Waals surface area contributed by atoms with E-state index in [2.05, 4.69) is 0 Å². The zero-order valence-electron chi connectivity index (χ0n) is 20.1. The Morgan fingerprint density at radius 1 is 0.657 bits per heavy atom. The molecule has 0 amide bonds.